The molecule has 0 aliphatic carbocycles. The Kier molecular flexibility index (Phi) is 9.97. The van der Waals surface area contributed by atoms with E-state index in [9.17, 15) is 19.2 Å². The molecule has 4 rings (SSSR count). The maximum Gasteiger partial charge on any atom is 0.409 e. The number of carbonyl (C=O) groups excluding carboxylic acids is 4. The van der Waals surface area contributed by atoms with Crippen molar-refractivity contribution in [3.63, 3.8) is 0 Å². The highest BCUT2D eigenvalue weighted by Crippen LogP contribution is 2.24. The Hall–Kier alpha value is -4.22. The molecular formula is C30H40N6O6. The second kappa shape index (κ2) is 13.6. The van der Waals surface area contributed by atoms with Gasteiger partial charge in [-0.25, -0.2) is 14.8 Å². The molecule has 42 heavy (non-hydrogen) atoms. The summed E-state index contributed by atoms with van der Waals surface area (Å²) in [5.41, 5.74) is 0.226. The van der Waals surface area contributed by atoms with E-state index in [1.54, 1.807) is 43.6 Å². The smallest absolute Gasteiger partial charge is 0.409 e. The number of nitrogens with one attached hydrogen (secondary N) is 1. The van der Waals surface area contributed by atoms with E-state index in [0.717, 1.165) is 25.1 Å². The number of amides is 3. The molecular weight excluding hydrogens is 540 g/mol. The average Bonchev–Trinajstić information content (AvgIpc) is 2.93. The monoisotopic (exact) mass is 580 g/mol. The van der Waals surface area contributed by atoms with Gasteiger partial charge in [-0.05, 0) is 40.5 Å². The van der Waals surface area contributed by atoms with Gasteiger partial charge in [-0.1, -0.05) is 30.3 Å². The summed E-state index contributed by atoms with van der Waals surface area (Å²) in [7, 11) is 0. The van der Waals surface area contributed by atoms with E-state index < -0.39 is 29.6 Å². The Balaban J connectivity index is 1.53. The maximum atomic E-state index is 13.7. The van der Waals surface area contributed by atoms with Crippen molar-refractivity contribution < 1.29 is 28.7 Å². The summed E-state index contributed by atoms with van der Waals surface area (Å²) in [5, 5.41) is 2.83. The molecule has 3 heterocycles. The number of anilines is 1. The number of rotatable bonds is 9. The maximum absolute atomic E-state index is 13.7. The third-order valence-corrected chi connectivity index (χ3v) is 6.94. The molecule has 2 aliphatic heterocycles. The highest BCUT2D eigenvalue weighted by molar-refractivity contribution is 5.97. The molecule has 12 heteroatoms. The van der Waals surface area contributed by atoms with Crippen molar-refractivity contribution in [2.75, 3.05) is 50.8 Å². The molecule has 2 aliphatic rings. The SMILES string of the molecule is CCOC(=O)N1CCN(C(=O)C(CCC(=O)OC(C)(C)C)NC(=O)c2cc(N3CCC3)nc(-c3ccccc3)n2)CC1. The molecule has 2 saturated heterocycles. The first-order valence-corrected chi connectivity index (χ1v) is 14.5. The largest absolute Gasteiger partial charge is 0.460 e. The second-order valence-corrected chi connectivity index (χ2v) is 11.3. The molecule has 1 atom stereocenters. The lowest BCUT2D eigenvalue weighted by molar-refractivity contribution is -0.155. The van der Waals surface area contributed by atoms with E-state index in [1.807, 2.05) is 30.3 Å². The van der Waals surface area contributed by atoms with Gasteiger partial charge in [0.2, 0.25) is 5.91 Å². The van der Waals surface area contributed by atoms with Crippen molar-refractivity contribution in [3.8, 4) is 11.4 Å². The molecule has 0 radical (unpaired) electrons. The minimum absolute atomic E-state index is 0.0488. The zero-order valence-corrected chi connectivity index (χ0v) is 24.8. The molecule has 226 valence electrons. The molecule has 1 aromatic carbocycles. The lowest BCUT2D eigenvalue weighted by Gasteiger charge is -2.36. The van der Waals surface area contributed by atoms with Crippen LogP contribution in [-0.2, 0) is 19.1 Å². The summed E-state index contributed by atoms with van der Waals surface area (Å²) < 4.78 is 10.5. The van der Waals surface area contributed by atoms with E-state index in [2.05, 4.69) is 20.2 Å². The Morgan fingerprint density at radius 2 is 1.62 bits per heavy atom. The van der Waals surface area contributed by atoms with Crippen LogP contribution in [0.4, 0.5) is 10.6 Å². The Bertz CT molecular complexity index is 1270. The fraction of sp³-hybridized carbons (Fsp3) is 0.533. The summed E-state index contributed by atoms with van der Waals surface area (Å²) in [6.07, 6.45) is 0.606. The van der Waals surface area contributed by atoms with Gasteiger partial charge in [0.15, 0.2) is 5.82 Å². The number of nitrogens with zero attached hydrogens (tertiary/aromatic N) is 5. The van der Waals surface area contributed by atoms with E-state index in [4.69, 9.17) is 9.47 Å². The second-order valence-electron chi connectivity index (χ2n) is 11.3. The Morgan fingerprint density at radius 3 is 2.21 bits per heavy atom. The number of hydrogen-bond acceptors (Lipinski definition) is 9. The van der Waals surface area contributed by atoms with Gasteiger partial charge in [0.1, 0.15) is 23.2 Å². The fourth-order valence-corrected chi connectivity index (χ4v) is 4.66. The first kappa shape index (κ1) is 30.7. The molecule has 1 N–H and O–H groups in total. The predicted molar refractivity (Wildman–Crippen MR) is 156 cm³/mol. The van der Waals surface area contributed by atoms with Gasteiger partial charge >= 0.3 is 12.1 Å². The summed E-state index contributed by atoms with van der Waals surface area (Å²) in [6.45, 7) is 10.2. The van der Waals surface area contributed by atoms with Crippen LogP contribution in [0.5, 0.6) is 0 Å². The predicted octanol–water partition coefficient (Wildman–Crippen LogP) is 2.87. The molecule has 1 aromatic heterocycles. The van der Waals surface area contributed by atoms with E-state index in [0.29, 0.717) is 24.7 Å². The van der Waals surface area contributed by atoms with Gasteiger partial charge in [-0.15, -0.1) is 0 Å². The normalized spacial score (nSPS) is 15.9. The topological polar surface area (TPSA) is 134 Å². The van der Waals surface area contributed by atoms with Crippen LogP contribution in [0.3, 0.4) is 0 Å². The number of benzene rings is 1. The summed E-state index contributed by atoms with van der Waals surface area (Å²) in [4.78, 5) is 66.3. The lowest BCUT2D eigenvalue weighted by atomic mass is 10.1. The average molecular weight is 581 g/mol. The minimum Gasteiger partial charge on any atom is -0.460 e. The minimum atomic E-state index is -0.998. The molecule has 2 fully saturated rings. The Morgan fingerprint density at radius 1 is 0.952 bits per heavy atom. The number of hydrogen-bond donors (Lipinski definition) is 1. The summed E-state index contributed by atoms with van der Waals surface area (Å²) in [5.74, 6) is -0.279. The fourth-order valence-electron chi connectivity index (χ4n) is 4.66. The van der Waals surface area contributed by atoms with Crippen LogP contribution in [0, 0.1) is 0 Å². The molecule has 3 amide bonds. The number of ether oxygens (including phenoxy) is 2. The van der Waals surface area contributed by atoms with E-state index >= 15 is 0 Å². The first-order valence-electron chi connectivity index (χ1n) is 14.5. The van der Waals surface area contributed by atoms with Crippen LogP contribution in [-0.4, -0.2) is 101 Å². The highest BCUT2D eigenvalue weighted by atomic mass is 16.6. The third kappa shape index (κ3) is 8.17. The molecule has 2 aromatic rings. The first-order chi connectivity index (χ1) is 20.0. The number of esters is 1. The van der Waals surface area contributed by atoms with E-state index in [1.165, 1.54) is 0 Å². The molecule has 1 unspecified atom stereocenters. The zero-order valence-electron chi connectivity index (χ0n) is 24.8. The molecule has 0 saturated carbocycles. The van der Waals surface area contributed by atoms with Crippen molar-refractivity contribution in [2.45, 2.75) is 58.6 Å². The van der Waals surface area contributed by atoms with Crippen molar-refractivity contribution in [1.82, 2.24) is 25.1 Å². The van der Waals surface area contributed by atoms with Gasteiger partial charge in [0, 0.05) is 57.3 Å². The van der Waals surface area contributed by atoms with Crippen LogP contribution in [0.2, 0.25) is 0 Å². The quantitative estimate of drug-likeness (QED) is 0.444. The van der Waals surface area contributed by atoms with Crippen molar-refractivity contribution >= 4 is 29.7 Å². The van der Waals surface area contributed by atoms with Gasteiger partial charge in [0.25, 0.3) is 5.91 Å². The van der Waals surface area contributed by atoms with E-state index in [-0.39, 0.29) is 44.1 Å². The van der Waals surface area contributed by atoms with Gasteiger partial charge in [-0.3, -0.25) is 14.4 Å². The molecule has 0 bridgehead atoms. The summed E-state index contributed by atoms with van der Waals surface area (Å²) >= 11 is 0. The highest BCUT2D eigenvalue weighted by Gasteiger charge is 2.32. The van der Waals surface area contributed by atoms with Crippen molar-refractivity contribution in [3.05, 3.63) is 42.1 Å². The number of aromatic nitrogens is 2. The van der Waals surface area contributed by atoms with Gasteiger partial charge in [0.05, 0.1) is 6.61 Å². The number of carbonyl (C=O) groups is 4. The van der Waals surface area contributed by atoms with Crippen molar-refractivity contribution in [1.29, 1.82) is 0 Å². The molecule has 12 nitrogen and oxygen atoms in total. The van der Waals surface area contributed by atoms with Crippen LogP contribution in [0.25, 0.3) is 11.4 Å². The van der Waals surface area contributed by atoms with Crippen LogP contribution in [0.1, 0.15) is 57.4 Å². The zero-order chi connectivity index (χ0) is 30.3. The Labute approximate surface area is 246 Å². The third-order valence-electron chi connectivity index (χ3n) is 6.94. The standard InChI is InChI=1S/C30H40N6O6/c1-5-41-29(40)36-18-16-35(17-19-36)28(39)22(12-13-25(37)42-30(2,3)4)32-27(38)23-20-24(34-14-9-15-34)33-26(31-23)21-10-7-6-8-11-21/h6-8,10-11,20,22H,5,9,12-19H2,1-4H3,(H,32,38). The van der Waals surface area contributed by atoms with Crippen LogP contribution in [0.15, 0.2) is 36.4 Å². The van der Waals surface area contributed by atoms with Crippen LogP contribution >= 0.6 is 0 Å². The van der Waals surface area contributed by atoms with Gasteiger partial charge < -0.3 is 29.5 Å². The van der Waals surface area contributed by atoms with Crippen molar-refractivity contribution in [2.24, 2.45) is 0 Å². The van der Waals surface area contributed by atoms with Gasteiger partial charge in [-0.2, -0.15) is 0 Å². The number of piperazine rings is 1. The summed E-state index contributed by atoms with van der Waals surface area (Å²) in [6, 6.07) is 10.0. The lowest BCUT2D eigenvalue weighted by Crippen LogP contribution is -2.56. The van der Waals surface area contributed by atoms with Crippen LogP contribution < -0.4 is 10.2 Å². The molecule has 0 spiro atoms.